The van der Waals surface area contributed by atoms with Crippen LogP contribution < -0.4 is 5.32 Å². The van der Waals surface area contributed by atoms with Crippen molar-refractivity contribution in [1.82, 2.24) is 10.2 Å². The van der Waals surface area contributed by atoms with Crippen molar-refractivity contribution in [3.8, 4) is 0 Å². The molecule has 2 rings (SSSR count). The SMILES string of the molecule is CN=C(NCCc1ccc(Cl)s1)N(C)CCC1CCOCC1. The predicted molar refractivity (Wildman–Crippen MR) is 95.2 cm³/mol. The summed E-state index contributed by atoms with van der Waals surface area (Å²) in [6.45, 7) is 3.76. The molecule has 0 aromatic carbocycles. The number of ether oxygens (including phenoxy) is 1. The normalized spacial score (nSPS) is 16.8. The van der Waals surface area contributed by atoms with E-state index in [9.17, 15) is 0 Å². The van der Waals surface area contributed by atoms with Crippen molar-refractivity contribution >= 4 is 28.9 Å². The minimum atomic E-state index is 0.794. The molecule has 0 bridgehead atoms. The lowest BCUT2D eigenvalue weighted by atomic mass is 9.96. The zero-order valence-electron chi connectivity index (χ0n) is 13.5. The molecule has 0 unspecified atom stereocenters. The summed E-state index contributed by atoms with van der Waals surface area (Å²) >= 11 is 7.60. The first-order chi connectivity index (χ1) is 10.7. The molecule has 124 valence electrons. The van der Waals surface area contributed by atoms with E-state index in [2.05, 4.69) is 28.3 Å². The first kappa shape index (κ1) is 17.6. The molecule has 2 heterocycles. The lowest BCUT2D eigenvalue weighted by Gasteiger charge is -2.26. The van der Waals surface area contributed by atoms with Crippen LogP contribution in [0.25, 0.3) is 0 Å². The fraction of sp³-hybridized carbons (Fsp3) is 0.688. The van der Waals surface area contributed by atoms with Crippen LogP contribution in [0.3, 0.4) is 0 Å². The zero-order chi connectivity index (χ0) is 15.8. The molecule has 6 heteroatoms. The highest BCUT2D eigenvalue weighted by atomic mass is 35.5. The highest BCUT2D eigenvalue weighted by molar-refractivity contribution is 7.16. The lowest BCUT2D eigenvalue weighted by Crippen LogP contribution is -2.40. The van der Waals surface area contributed by atoms with Crippen molar-refractivity contribution < 1.29 is 4.74 Å². The molecule has 1 aliphatic rings. The monoisotopic (exact) mass is 343 g/mol. The molecule has 4 nitrogen and oxygen atoms in total. The van der Waals surface area contributed by atoms with E-state index in [0.29, 0.717) is 0 Å². The molecule has 1 aromatic rings. The molecular formula is C16H26ClN3OS. The van der Waals surface area contributed by atoms with Gasteiger partial charge >= 0.3 is 0 Å². The van der Waals surface area contributed by atoms with Crippen LogP contribution in [0.15, 0.2) is 17.1 Å². The highest BCUT2D eigenvalue weighted by Crippen LogP contribution is 2.21. The van der Waals surface area contributed by atoms with Crippen LogP contribution >= 0.6 is 22.9 Å². The maximum absolute atomic E-state index is 5.95. The minimum Gasteiger partial charge on any atom is -0.381 e. The summed E-state index contributed by atoms with van der Waals surface area (Å²) in [5, 5.41) is 3.43. The molecule has 1 saturated heterocycles. The Morgan fingerprint density at radius 2 is 2.23 bits per heavy atom. The van der Waals surface area contributed by atoms with Crippen molar-refractivity contribution in [2.75, 3.05) is 40.4 Å². The minimum absolute atomic E-state index is 0.794. The molecule has 1 aromatic heterocycles. The van der Waals surface area contributed by atoms with E-state index in [1.165, 1.54) is 24.1 Å². The third-order valence-corrected chi connectivity index (χ3v) is 5.36. The van der Waals surface area contributed by atoms with Crippen LogP contribution in [-0.4, -0.2) is 51.3 Å². The van der Waals surface area contributed by atoms with Gasteiger partial charge in [0, 0.05) is 45.3 Å². The topological polar surface area (TPSA) is 36.9 Å². The maximum atomic E-state index is 5.95. The van der Waals surface area contributed by atoms with Crippen molar-refractivity contribution in [3.05, 3.63) is 21.3 Å². The lowest BCUT2D eigenvalue weighted by molar-refractivity contribution is 0.0625. The quantitative estimate of drug-likeness (QED) is 0.636. The van der Waals surface area contributed by atoms with E-state index >= 15 is 0 Å². The van der Waals surface area contributed by atoms with Crippen molar-refractivity contribution in [1.29, 1.82) is 0 Å². The van der Waals surface area contributed by atoms with Gasteiger partial charge in [-0.15, -0.1) is 11.3 Å². The van der Waals surface area contributed by atoms with Gasteiger partial charge in [0.15, 0.2) is 5.96 Å². The van der Waals surface area contributed by atoms with Crippen LogP contribution in [0.1, 0.15) is 24.1 Å². The van der Waals surface area contributed by atoms with E-state index in [0.717, 1.165) is 48.9 Å². The first-order valence-corrected chi connectivity index (χ1v) is 9.12. The molecule has 0 radical (unpaired) electrons. The Kier molecular flexibility index (Phi) is 7.49. The van der Waals surface area contributed by atoms with Crippen LogP contribution in [-0.2, 0) is 11.2 Å². The number of nitrogens with zero attached hydrogens (tertiary/aromatic N) is 2. The third-order valence-electron chi connectivity index (χ3n) is 4.07. The Bertz CT molecular complexity index is 472. The van der Waals surface area contributed by atoms with Gasteiger partial charge in [0.2, 0.25) is 0 Å². The van der Waals surface area contributed by atoms with Gasteiger partial charge in [-0.2, -0.15) is 0 Å². The van der Waals surface area contributed by atoms with Crippen molar-refractivity contribution in [3.63, 3.8) is 0 Å². The van der Waals surface area contributed by atoms with Gasteiger partial charge in [-0.25, -0.2) is 0 Å². The summed E-state index contributed by atoms with van der Waals surface area (Å²) in [5.74, 6) is 1.76. The summed E-state index contributed by atoms with van der Waals surface area (Å²) in [7, 11) is 3.95. The summed E-state index contributed by atoms with van der Waals surface area (Å²) in [4.78, 5) is 7.89. The van der Waals surface area contributed by atoms with Gasteiger partial charge in [0.25, 0.3) is 0 Å². The summed E-state index contributed by atoms with van der Waals surface area (Å²) in [6, 6.07) is 4.04. The van der Waals surface area contributed by atoms with Gasteiger partial charge in [0.05, 0.1) is 4.34 Å². The number of hydrogen-bond acceptors (Lipinski definition) is 3. The zero-order valence-corrected chi connectivity index (χ0v) is 15.1. The number of nitrogens with one attached hydrogen (secondary N) is 1. The Balaban J connectivity index is 1.68. The average Bonchev–Trinajstić information content (AvgIpc) is 2.95. The fourth-order valence-corrected chi connectivity index (χ4v) is 3.77. The van der Waals surface area contributed by atoms with Gasteiger partial charge in [-0.1, -0.05) is 11.6 Å². The molecule has 0 saturated carbocycles. The van der Waals surface area contributed by atoms with E-state index < -0.39 is 0 Å². The highest BCUT2D eigenvalue weighted by Gasteiger charge is 2.15. The Morgan fingerprint density at radius 3 is 2.86 bits per heavy atom. The molecule has 22 heavy (non-hydrogen) atoms. The molecule has 0 amide bonds. The first-order valence-electron chi connectivity index (χ1n) is 7.92. The van der Waals surface area contributed by atoms with Gasteiger partial charge in [-0.3, -0.25) is 4.99 Å². The Labute approximate surface area is 142 Å². The number of guanidine groups is 1. The summed E-state index contributed by atoms with van der Waals surface area (Å²) < 4.78 is 6.27. The van der Waals surface area contributed by atoms with E-state index in [1.807, 2.05) is 13.1 Å². The van der Waals surface area contributed by atoms with E-state index in [1.54, 1.807) is 11.3 Å². The number of rotatable bonds is 6. The Morgan fingerprint density at radius 1 is 1.45 bits per heavy atom. The van der Waals surface area contributed by atoms with Crippen LogP contribution in [0.4, 0.5) is 0 Å². The predicted octanol–water partition coefficient (Wildman–Crippen LogP) is 3.27. The molecule has 0 atom stereocenters. The van der Waals surface area contributed by atoms with Gasteiger partial charge in [0.1, 0.15) is 0 Å². The van der Waals surface area contributed by atoms with E-state index in [-0.39, 0.29) is 0 Å². The molecular weight excluding hydrogens is 318 g/mol. The second kappa shape index (κ2) is 9.38. The summed E-state index contributed by atoms with van der Waals surface area (Å²) in [5.41, 5.74) is 0. The van der Waals surface area contributed by atoms with Gasteiger partial charge in [-0.05, 0) is 43.7 Å². The maximum Gasteiger partial charge on any atom is 0.193 e. The largest absolute Gasteiger partial charge is 0.381 e. The number of aliphatic imine (C=N–C) groups is 1. The smallest absolute Gasteiger partial charge is 0.193 e. The van der Waals surface area contributed by atoms with Gasteiger partial charge < -0.3 is 15.0 Å². The second-order valence-corrected chi connectivity index (χ2v) is 7.50. The average molecular weight is 344 g/mol. The molecule has 0 spiro atoms. The molecule has 0 aliphatic carbocycles. The number of halogens is 1. The number of thiophene rings is 1. The standard InChI is InChI=1S/C16H26ClN3OS/c1-18-16(19-9-5-14-3-4-15(17)22-14)20(2)10-6-13-7-11-21-12-8-13/h3-4,13H,5-12H2,1-2H3,(H,18,19). The third kappa shape index (κ3) is 5.78. The summed E-state index contributed by atoms with van der Waals surface area (Å²) in [6.07, 6.45) is 4.57. The van der Waals surface area contributed by atoms with Crippen LogP contribution in [0.5, 0.6) is 0 Å². The van der Waals surface area contributed by atoms with Crippen molar-refractivity contribution in [2.24, 2.45) is 10.9 Å². The number of hydrogen-bond donors (Lipinski definition) is 1. The molecule has 1 aliphatic heterocycles. The van der Waals surface area contributed by atoms with Crippen LogP contribution in [0.2, 0.25) is 4.34 Å². The van der Waals surface area contributed by atoms with Crippen molar-refractivity contribution in [2.45, 2.75) is 25.7 Å². The fourth-order valence-electron chi connectivity index (χ4n) is 2.69. The molecule has 1 fully saturated rings. The second-order valence-electron chi connectivity index (χ2n) is 5.70. The molecule has 1 N–H and O–H groups in total. The van der Waals surface area contributed by atoms with E-state index in [4.69, 9.17) is 16.3 Å². The Hall–Kier alpha value is -0.780. The van der Waals surface area contributed by atoms with Crippen LogP contribution in [0, 0.1) is 5.92 Å².